The van der Waals surface area contributed by atoms with Gasteiger partial charge in [0.25, 0.3) is 0 Å². The Bertz CT molecular complexity index is 4110. The Morgan fingerprint density at radius 2 is 0.731 bits per heavy atom. The molecule has 3 heteroatoms. The monoisotopic (exact) mass is 855 g/mol. The van der Waals surface area contributed by atoms with Gasteiger partial charge in [0.05, 0.1) is 5.41 Å². The molecule has 0 aliphatic heterocycles. The molecule has 3 aliphatic rings. The first kappa shape index (κ1) is 36.9. The molecule has 0 radical (unpaired) electrons. The molecule has 15 rings (SSSR count). The van der Waals surface area contributed by atoms with Crippen LogP contribution >= 0.6 is 0 Å². The van der Waals surface area contributed by atoms with E-state index in [4.69, 9.17) is 8.83 Å². The van der Waals surface area contributed by atoms with Crippen molar-refractivity contribution in [3.05, 3.63) is 246 Å². The zero-order chi connectivity index (χ0) is 44.2. The van der Waals surface area contributed by atoms with Crippen molar-refractivity contribution in [2.24, 2.45) is 0 Å². The Morgan fingerprint density at radius 3 is 1.45 bits per heavy atom. The SMILES string of the molecule is CC1(C)c2ccccc2-c2ccc(N(c3ccc4c(c3)-c3ccccc3-c3ccccc3C43c4ccccc4-c4cc5c(cc43)oc3ccccc35)c3ccc4c(c3)oc3ccccc34)cc21. The van der Waals surface area contributed by atoms with Crippen LogP contribution in [0.4, 0.5) is 17.1 Å². The summed E-state index contributed by atoms with van der Waals surface area (Å²) in [5.41, 5.74) is 23.6. The van der Waals surface area contributed by atoms with E-state index in [0.29, 0.717) is 0 Å². The number of hydrogen-bond donors (Lipinski definition) is 0. The van der Waals surface area contributed by atoms with Gasteiger partial charge < -0.3 is 13.7 Å². The molecule has 0 fully saturated rings. The summed E-state index contributed by atoms with van der Waals surface area (Å²) in [7, 11) is 0. The molecule has 0 saturated carbocycles. The van der Waals surface area contributed by atoms with Crippen LogP contribution in [-0.2, 0) is 10.8 Å². The second-order valence-corrected chi connectivity index (χ2v) is 19.1. The zero-order valence-electron chi connectivity index (χ0n) is 37.0. The summed E-state index contributed by atoms with van der Waals surface area (Å²) in [5.74, 6) is 0. The molecule has 3 nitrogen and oxygen atoms in total. The average molecular weight is 856 g/mol. The molecule has 1 spiro atoms. The lowest BCUT2D eigenvalue weighted by Gasteiger charge is -2.36. The Morgan fingerprint density at radius 1 is 0.284 bits per heavy atom. The zero-order valence-corrected chi connectivity index (χ0v) is 37.0. The Kier molecular flexibility index (Phi) is 7.22. The van der Waals surface area contributed by atoms with Crippen molar-refractivity contribution in [3.8, 4) is 44.5 Å². The van der Waals surface area contributed by atoms with E-state index in [-0.39, 0.29) is 5.41 Å². The smallest absolute Gasteiger partial charge is 0.137 e. The van der Waals surface area contributed by atoms with E-state index in [1.54, 1.807) is 0 Å². The molecule has 1 atom stereocenters. The number of furan rings is 2. The van der Waals surface area contributed by atoms with E-state index in [1.165, 1.54) is 77.9 Å². The van der Waals surface area contributed by atoms with Crippen LogP contribution in [0.2, 0.25) is 0 Å². The summed E-state index contributed by atoms with van der Waals surface area (Å²) in [6.07, 6.45) is 0. The van der Waals surface area contributed by atoms with E-state index in [2.05, 4.69) is 225 Å². The van der Waals surface area contributed by atoms with Gasteiger partial charge in [-0.05, 0) is 139 Å². The quantitative estimate of drug-likeness (QED) is 0.177. The Hall–Kier alpha value is -8.40. The minimum absolute atomic E-state index is 0.171. The van der Waals surface area contributed by atoms with Gasteiger partial charge in [-0.3, -0.25) is 0 Å². The summed E-state index contributed by atoms with van der Waals surface area (Å²) in [5, 5.41) is 4.51. The Balaban J connectivity index is 1.03. The minimum Gasteiger partial charge on any atom is -0.456 e. The van der Waals surface area contributed by atoms with Gasteiger partial charge in [-0.25, -0.2) is 0 Å². The first-order valence-corrected chi connectivity index (χ1v) is 23.3. The summed E-state index contributed by atoms with van der Waals surface area (Å²) >= 11 is 0. The van der Waals surface area contributed by atoms with Crippen LogP contribution in [0.1, 0.15) is 47.2 Å². The fourth-order valence-electron chi connectivity index (χ4n) is 12.6. The summed E-state index contributed by atoms with van der Waals surface area (Å²) in [4.78, 5) is 2.44. The van der Waals surface area contributed by atoms with E-state index >= 15 is 0 Å². The topological polar surface area (TPSA) is 29.5 Å². The molecule has 0 bridgehead atoms. The molecular weight excluding hydrogens is 815 g/mol. The van der Waals surface area contributed by atoms with Crippen molar-refractivity contribution >= 4 is 60.9 Å². The molecule has 67 heavy (non-hydrogen) atoms. The molecule has 10 aromatic carbocycles. The van der Waals surface area contributed by atoms with E-state index in [1.807, 2.05) is 6.07 Å². The van der Waals surface area contributed by atoms with Gasteiger partial charge in [-0.15, -0.1) is 0 Å². The number of anilines is 3. The van der Waals surface area contributed by atoms with Gasteiger partial charge in [0, 0.05) is 50.1 Å². The van der Waals surface area contributed by atoms with E-state index in [9.17, 15) is 0 Å². The number of benzene rings is 10. The van der Waals surface area contributed by atoms with Gasteiger partial charge in [0.15, 0.2) is 0 Å². The summed E-state index contributed by atoms with van der Waals surface area (Å²) < 4.78 is 13.3. The van der Waals surface area contributed by atoms with Gasteiger partial charge in [0.2, 0.25) is 0 Å². The van der Waals surface area contributed by atoms with Crippen LogP contribution in [0.15, 0.2) is 221 Å². The molecule has 0 amide bonds. The van der Waals surface area contributed by atoms with Gasteiger partial charge in [0.1, 0.15) is 22.3 Å². The van der Waals surface area contributed by atoms with Crippen molar-refractivity contribution in [1.82, 2.24) is 0 Å². The normalized spacial score (nSPS) is 15.8. The number of nitrogens with zero attached hydrogens (tertiary/aromatic N) is 1. The molecule has 2 aromatic heterocycles. The maximum Gasteiger partial charge on any atom is 0.137 e. The lowest BCUT2D eigenvalue weighted by atomic mass is 9.66. The molecule has 1 unspecified atom stereocenters. The highest BCUT2D eigenvalue weighted by atomic mass is 16.3. The predicted molar refractivity (Wildman–Crippen MR) is 275 cm³/mol. The van der Waals surface area contributed by atoms with Gasteiger partial charge >= 0.3 is 0 Å². The number of hydrogen-bond acceptors (Lipinski definition) is 3. The van der Waals surface area contributed by atoms with Crippen LogP contribution in [0.25, 0.3) is 88.4 Å². The van der Waals surface area contributed by atoms with Crippen LogP contribution in [-0.4, -0.2) is 0 Å². The van der Waals surface area contributed by atoms with Crippen LogP contribution in [0.3, 0.4) is 0 Å². The van der Waals surface area contributed by atoms with Crippen LogP contribution < -0.4 is 4.90 Å². The maximum atomic E-state index is 6.73. The van der Waals surface area contributed by atoms with Crippen molar-refractivity contribution in [3.63, 3.8) is 0 Å². The molecule has 0 N–H and O–H groups in total. The second kappa shape index (κ2) is 13.1. The van der Waals surface area contributed by atoms with E-state index < -0.39 is 5.41 Å². The minimum atomic E-state index is -0.663. The highest BCUT2D eigenvalue weighted by Crippen LogP contribution is 2.63. The lowest BCUT2D eigenvalue weighted by molar-refractivity contribution is 0.660. The third kappa shape index (κ3) is 4.80. The average Bonchev–Trinajstić information content (AvgIpc) is 4.06. The predicted octanol–water partition coefficient (Wildman–Crippen LogP) is 17.3. The molecule has 0 saturated heterocycles. The maximum absolute atomic E-state index is 6.73. The van der Waals surface area contributed by atoms with Gasteiger partial charge in [-0.1, -0.05) is 159 Å². The van der Waals surface area contributed by atoms with Crippen LogP contribution in [0, 0.1) is 0 Å². The highest BCUT2D eigenvalue weighted by Gasteiger charge is 2.50. The molecule has 12 aromatic rings. The highest BCUT2D eigenvalue weighted by molar-refractivity contribution is 6.10. The molecule has 3 aliphatic carbocycles. The first-order chi connectivity index (χ1) is 33.0. The Labute approximate surface area is 387 Å². The fraction of sp³-hybridized carbons (Fsp3) is 0.0625. The van der Waals surface area contributed by atoms with E-state index in [0.717, 1.165) is 60.9 Å². The summed E-state index contributed by atoms with van der Waals surface area (Å²) in [6, 6.07) is 78.6. The number of fused-ring (bicyclic) bond motifs is 21. The third-order valence-corrected chi connectivity index (χ3v) is 15.5. The van der Waals surface area contributed by atoms with Crippen molar-refractivity contribution in [2.75, 3.05) is 4.90 Å². The standard InChI is InChI=1S/C64H41NO2/c1-63(2)53-22-10-5-18-44(53)46-30-27-39(34-57(46)63)65(40-28-31-49-47-20-8-13-25-59(47)66-61(49)35-40)38-29-32-56-50(33-38)42-16-4-3-15-41(42)43-17-6-11-23-54(43)64(56)55-24-12-7-19-45(55)51-36-52-48-21-9-14-26-60(48)67-62(52)37-58(51)64/h3-37H,1-2H3. The molecule has 314 valence electrons. The lowest BCUT2D eigenvalue weighted by Crippen LogP contribution is -2.29. The van der Waals surface area contributed by atoms with Crippen molar-refractivity contribution in [1.29, 1.82) is 0 Å². The summed E-state index contributed by atoms with van der Waals surface area (Å²) in [6.45, 7) is 4.72. The second-order valence-electron chi connectivity index (χ2n) is 19.1. The number of para-hydroxylation sites is 2. The van der Waals surface area contributed by atoms with Crippen molar-refractivity contribution in [2.45, 2.75) is 24.7 Å². The van der Waals surface area contributed by atoms with Crippen molar-refractivity contribution < 1.29 is 8.83 Å². The molecular formula is C64H41NO2. The van der Waals surface area contributed by atoms with Crippen LogP contribution in [0.5, 0.6) is 0 Å². The molecule has 2 heterocycles. The largest absolute Gasteiger partial charge is 0.456 e. The van der Waals surface area contributed by atoms with Gasteiger partial charge in [-0.2, -0.15) is 0 Å². The number of rotatable bonds is 3. The third-order valence-electron chi connectivity index (χ3n) is 15.5. The fourth-order valence-corrected chi connectivity index (χ4v) is 12.6. The first-order valence-electron chi connectivity index (χ1n) is 23.3.